The van der Waals surface area contributed by atoms with Gasteiger partial charge in [-0.25, -0.2) is 4.99 Å². The van der Waals surface area contributed by atoms with Crippen LogP contribution in [0.5, 0.6) is 5.75 Å². The van der Waals surface area contributed by atoms with Crippen molar-refractivity contribution in [3.8, 4) is 5.75 Å². The van der Waals surface area contributed by atoms with Crippen LogP contribution in [0.3, 0.4) is 0 Å². The largest absolute Gasteiger partial charge is 0.493 e. The number of aryl methyl sites for hydroxylation is 1. The maximum atomic E-state index is 5.95. The Morgan fingerprint density at radius 3 is 2.47 bits per heavy atom. The molecule has 0 fully saturated rings. The average Bonchev–Trinajstić information content (AvgIpc) is 2.72. The van der Waals surface area contributed by atoms with Gasteiger partial charge in [-0.15, -0.1) is 24.0 Å². The zero-order valence-electron chi connectivity index (χ0n) is 19.0. The third-order valence-corrected chi connectivity index (χ3v) is 4.16. The molecule has 0 amide bonds. The van der Waals surface area contributed by atoms with E-state index in [4.69, 9.17) is 23.9 Å². The monoisotopic (exact) mass is 537 g/mol. The molecule has 0 radical (unpaired) electrons. The van der Waals surface area contributed by atoms with Crippen LogP contribution in [0, 0.1) is 6.92 Å². The first-order valence-corrected chi connectivity index (χ1v) is 10.5. The molecule has 0 heterocycles. The van der Waals surface area contributed by atoms with Crippen molar-refractivity contribution >= 4 is 29.9 Å². The van der Waals surface area contributed by atoms with E-state index in [-0.39, 0.29) is 24.0 Å². The van der Waals surface area contributed by atoms with Gasteiger partial charge in [-0.1, -0.05) is 12.1 Å². The molecule has 0 spiro atoms. The molecule has 7 nitrogen and oxygen atoms in total. The summed E-state index contributed by atoms with van der Waals surface area (Å²) in [4.78, 5) is 4.72. The molecular weight excluding hydrogens is 497 g/mol. The molecule has 0 saturated carbocycles. The summed E-state index contributed by atoms with van der Waals surface area (Å²) in [6.07, 6.45) is 2.90. The van der Waals surface area contributed by atoms with Crippen molar-refractivity contribution in [3.63, 3.8) is 0 Å². The fourth-order valence-corrected chi connectivity index (χ4v) is 2.60. The third kappa shape index (κ3) is 14.0. The molecule has 1 aromatic rings. The number of aliphatic imine (C=N–C) groups is 1. The lowest BCUT2D eigenvalue weighted by Gasteiger charge is -2.14. The van der Waals surface area contributed by atoms with Crippen LogP contribution in [0.2, 0.25) is 0 Å². The van der Waals surface area contributed by atoms with E-state index in [2.05, 4.69) is 42.7 Å². The number of halogens is 1. The van der Waals surface area contributed by atoms with Gasteiger partial charge in [0, 0.05) is 52.5 Å². The summed E-state index contributed by atoms with van der Waals surface area (Å²) < 4.78 is 21.5. The quantitative estimate of drug-likeness (QED) is 0.146. The molecule has 1 rings (SSSR count). The minimum absolute atomic E-state index is 0. The summed E-state index contributed by atoms with van der Waals surface area (Å²) in [5, 5.41) is 6.68. The Hall–Kier alpha value is -1.10. The molecule has 0 bridgehead atoms. The van der Waals surface area contributed by atoms with E-state index < -0.39 is 0 Å². The fraction of sp³-hybridized carbons (Fsp3) is 0.682. The first-order valence-electron chi connectivity index (χ1n) is 10.5. The van der Waals surface area contributed by atoms with Gasteiger partial charge in [0.1, 0.15) is 5.75 Å². The molecule has 0 aliphatic carbocycles. The SMILES string of the molecule is CCNC(=NCc1ccc(C)cc1OCCCOC)NCCCCOCCOC.I. The van der Waals surface area contributed by atoms with Crippen LogP contribution in [0.1, 0.15) is 37.3 Å². The van der Waals surface area contributed by atoms with Gasteiger partial charge in [0.05, 0.1) is 26.4 Å². The van der Waals surface area contributed by atoms with Gasteiger partial charge < -0.3 is 29.6 Å². The zero-order valence-corrected chi connectivity index (χ0v) is 21.3. The maximum Gasteiger partial charge on any atom is 0.191 e. The Labute approximate surface area is 199 Å². The lowest BCUT2D eigenvalue weighted by molar-refractivity contribution is 0.0689. The molecule has 174 valence electrons. The van der Waals surface area contributed by atoms with Gasteiger partial charge in [0.2, 0.25) is 0 Å². The topological polar surface area (TPSA) is 73.3 Å². The van der Waals surface area contributed by atoms with E-state index in [9.17, 15) is 0 Å². The van der Waals surface area contributed by atoms with Crippen molar-refractivity contribution in [2.75, 3.05) is 60.3 Å². The molecule has 0 unspecified atom stereocenters. The van der Waals surface area contributed by atoms with Crippen molar-refractivity contribution in [3.05, 3.63) is 29.3 Å². The average molecular weight is 537 g/mol. The molecule has 1 aromatic carbocycles. The highest BCUT2D eigenvalue weighted by Crippen LogP contribution is 2.21. The van der Waals surface area contributed by atoms with Crippen LogP contribution in [0.15, 0.2) is 23.2 Å². The minimum Gasteiger partial charge on any atom is -0.493 e. The van der Waals surface area contributed by atoms with Crippen LogP contribution in [0.4, 0.5) is 0 Å². The summed E-state index contributed by atoms with van der Waals surface area (Å²) in [6, 6.07) is 6.25. The summed E-state index contributed by atoms with van der Waals surface area (Å²) in [6.45, 7) is 9.77. The van der Waals surface area contributed by atoms with E-state index in [0.717, 1.165) is 56.2 Å². The fourth-order valence-electron chi connectivity index (χ4n) is 2.60. The van der Waals surface area contributed by atoms with Crippen LogP contribution in [-0.4, -0.2) is 66.3 Å². The van der Waals surface area contributed by atoms with E-state index in [1.54, 1.807) is 14.2 Å². The van der Waals surface area contributed by atoms with Crippen LogP contribution < -0.4 is 15.4 Å². The highest BCUT2D eigenvalue weighted by molar-refractivity contribution is 14.0. The maximum absolute atomic E-state index is 5.95. The predicted molar refractivity (Wildman–Crippen MR) is 133 cm³/mol. The van der Waals surface area contributed by atoms with E-state index in [0.29, 0.717) is 33.0 Å². The molecule has 8 heteroatoms. The number of nitrogens with zero attached hydrogens (tertiary/aromatic N) is 1. The first kappa shape index (κ1) is 28.9. The Morgan fingerprint density at radius 2 is 1.73 bits per heavy atom. The molecule has 2 N–H and O–H groups in total. The van der Waals surface area contributed by atoms with E-state index in [1.807, 2.05) is 0 Å². The standard InChI is InChI=1S/C22H39N3O4.HI/c1-5-23-22(24-11-6-7-13-28-16-15-27-4)25-18-20-10-9-19(2)17-21(20)29-14-8-12-26-3;/h9-10,17H,5-8,11-16,18H2,1-4H3,(H2,23,24,25);1H. The number of nitrogens with one attached hydrogen (secondary N) is 2. The molecule has 0 atom stereocenters. The Bertz CT molecular complexity index is 573. The number of hydrogen-bond donors (Lipinski definition) is 2. The van der Waals surface area contributed by atoms with Crippen LogP contribution in [0.25, 0.3) is 0 Å². The molecular formula is C22H40IN3O4. The molecule has 0 aromatic heterocycles. The number of methoxy groups -OCH3 is 2. The summed E-state index contributed by atoms with van der Waals surface area (Å²) in [5.41, 5.74) is 2.26. The second kappa shape index (κ2) is 19.8. The van der Waals surface area contributed by atoms with Gasteiger partial charge >= 0.3 is 0 Å². The number of hydrogen-bond acceptors (Lipinski definition) is 5. The highest BCUT2D eigenvalue weighted by Gasteiger charge is 2.05. The minimum atomic E-state index is 0. The first-order chi connectivity index (χ1) is 14.2. The third-order valence-electron chi connectivity index (χ3n) is 4.16. The van der Waals surface area contributed by atoms with Crippen LogP contribution in [-0.2, 0) is 20.8 Å². The molecule has 0 saturated heterocycles. The zero-order chi connectivity index (χ0) is 21.2. The van der Waals surface area contributed by atoms with Crippen molar-refractivity contribution in [1.29, 1.82) is 0 Å². The number of ether oxygens (including phenoxy) is 4. The van der Waals surface area contributed by atoms with Gasteiger partial charge in [-0.3, -0.25) is 0 Å². The molecule has 0 aliphatic rings. The number of unbranched alkanes of at least 4 members (excludes halogenated alkanes) is 1. The van der Waals surface area contributed by atoms with Gasteiger partial charge in [0.15, 0.2) is 5.96 Å². The number of rotatable bonds is 16. The lowest BCUT2D eigenvalue weighted by atomic mass is 10.1. The van der Waals surface area contributed by atoms with Crippen molar-refractivity contribution < 1.29 is 18.9 Å². The summed E-state index contributed by atoms with van der Waals surface area (Å²) >= 11 is 0. The Balaban J connectivity index is 0.00000841. The van der Waals surface area contributed by atoms with Crippen molar-refractivity contribution in [2.24, 2.45) is 4.99 Å². The Kier molecular flexibility index (Phi) is 19.1. The van der Waals surface area contributed by atoms with Gasteiger partial charge in [-0.2, -0.15) is 0 Å². The number of guanidine groups is 1. The van der Waals surface area contributed by atoms with E-state index in [1.165, 1.54) is 5.56 Å². The van der Waals surface area contributed by atoms with Crippen molar-refractivity contribution in [2.45, 2.75) is 39.7 Å². The predicted octanol–water partition coefficient (Wildman–Crippen LogP) is 3.53. The summed E-state index contributed by atoms with van der Waals surface area (Å²) in [5.74, 6) is 1.72. The van der Waals surface area contributed by atoms with Gasteiger partial charge in [0.25, 0.3) is 0 Å². The second-order valence-corrected chi connectivity index (χ2v) is 6.74. The molecule has 0 aliphatic heterocycles. The normalized spacial score (nSPS) is 11.1. The van der Waals surface area contributed by atoms with Crippen molar-refractivity contribution in [1.82, 2.24) is 10.6 Å². The number of benzene rings is 1. The summed E-state index contributed by atoms with van der Waals surface area (Å²) in [7, 11) is 3.39. The lowest BCUT2D eigenvalue weighted by Crippen LogP contribution is -2.37. The highest BCUT2D eigenvalue weighted by atomic mass is 127. The van der Waals surface area contributed by atoms with Crippen LogP contribution >= 0.6 is 24.0 Å². The van der Waals surface area contributed by atoms with Gasteiger partial charge in [-0.05, 0) is 38.3 Å². The molecule has 30 heavy (non-hydrogen) atoms. The smallest absolute Gasteiger partial charge is 0.191 e. The van der Waals surface area contributed by atoms with E-state index >= 15 is 0 Å². The Morgan fingerprint density at radius 1 is 0.933 bits per heavy atom. The second-order valence-electron chi connectivity index (χ2n) is 6.74.